The van der Waals surface area contributed by atoms with Crippen molar-refractivity contribution in [3.05, 3.63) is 48.8 Å². The van der Waals surface area contributed by atoms with Gasteiger partial charge in [0, 0.05) is 25.0 Å². The lowest BCUT2D eigenvalue weighted by atomic mass is 10.0. The van der Waals surface area contributed by atoms with Gasteiger partial charge in [-0.15, -0.1) is 0 Å². The Morgan fingerprint density at radius 1 is 1.10 bits per heavy atom. The van der Waals surface area contributed by atoms with E-state index in [0.717, 1.165) is 22.4 Å². The fraction of sp³-hybridized carbons (Fsp3) is 0.0667. The van der Waals surface area contributed by atoms with E-state index in [9.17, 15) is 5.11 Å². The maximum atomic E-state index is 9.66. The molecule has 0 aliphatic heterocycles. The minimum Gasteiger partial charge on any atom is -0.508 e. The highest BCUT2D eigenvalue weighted by molar-refractivity contribution is 5.88. The van der Waals surface area contributed by atoms with Crippen molar-refractivity contribution in [2.45, 2.75) is 0 Å². The number of rotatable bonds is 2. The van der Waals surface area contributed by atoms with Gasteiger partial charge in [0.2, 0.25) is 0 Å². The number of aromatic nitrogens is 3. The molecule has 3 rings (SSSR count). The van der Waals surface area contributed by atoms with Crippen LogP contribution in [0.5, 0.6) is 5.75 Å². The summed E-state index contributed by atoms with van der Waals surface area (Å²) in [5.41, 5.74) is 9.49. The van der Waals surface area contributed by atoms with Crippen LogP contribution in [0.4, 0.5) is 5.82 Å². The van der Waals surface area contributed by atoms with Gasteiger partial charge in [-0.2, -0.15) is 5.10 Å². The second kappa shape index (κ2) is 4.70. The van der Waals surface area contributed by atoms with E-state index in [1.54, 1.807) is 42.3 Å². The first-order chi connectivity index (χ1) is 9.66. The Kier molecular flexibility index (Phi) is 2.87. The lowest BCUT2D eigenvalue weighted by Gasteiger charge is -2.05. The molecule has 5 heteroatoms. The van der Waals surface area contributed by atoms with E-state index in [2.05, 4.69) is 10.1 Å². The molecule has 5 nitrogen and oxygen atoms in total. The molecule has 0 bridgehead atoms. The van der Waals surface area contributed by atoms with Crippen molar-refractivity contribution >= 4 is 5.82 Å². The van der Waals surface area contributed by atoms with Crippen molar-refractivity contribution in [3.63, 3.8) is 0 Å². The Morgan fingerprint density at radius 2 is 1.85 bits per heavy atom. The van der Waals surface area contributed by atoms with Crippen molar-refractivity contribution in [1.82, 2.24) is 14.8 Å². The van der Waals surface area contributed by atoms with Gasteiger partial charge in [-0.25, -0.2) is 0 Å². The highest BCUT2D eigenvalue weighted by Gasteiger charge is 2.17. The number of pyridine rings is 1. The van der Waals surface area contributed by atoms with E-state index < -0.39 is 0 Å². The van der Waals surface area contributed by atoms with Crippen molar-refractivity contribution < 1.29 is 5.11 Å². The maximum absolute atomic E-state index is 9.66. The Bertz CT molecular complexity index is 750. The predicted molar refractivity (Wildman–Crippen MR) is 78.0 cm³/mol. The first-order valence-electron chi connectivity index (χ1n) is 6.19. The molecule has 0 aliphatic carbocycles. The summed E-state index contributed by atoms with van der Waals surface area (Å²) < 4.78 is 1.63. The quantitative estimate of drug-likeness (QED) is 0.747. The van der Waals surface area contributed by atoms with Gasteiger partial charge in [0.1, 0.15) is 17.3 Å². The molecule has 20 heavy (non-hydrogen) atoms. The topological polar surface area (TPSA) is 77.0 Å². The van der Waals surface area contributed by atoms with Crippen LogP contribution >= 0.6 is 0 Å². The molecule has 0 spiro atoms. The Labute approximate surface area is 116 Å². The van der Waals surface area contributed by atoms with Crippen LogP contribution in [-0.4, -0.2) is 19.9 Å². The molecule has 0 amide bonds. The number of nitrogens with zero attached hydrogens (tertiary/aromatic N) is 3. The summed E-state index contributed by atoms with van der Waals surface area (Å²) in [5.74, 6) is 0.758. The van der Waals surface area contributed by atoms with Gasteiger partial charge >= 0.3 is 0 Å². The molecule has 0 atom stereocenters. The number of aryl methyl sites for hydroxylation is 1. The van der Waals surface area contributed by atoms with Gasteiger partial charge in [0.05, 0.1) is 5.56 Å². The fourth-order valence-corrected chi connectivity index (χ4v) is 2.19. The minimum absolute atomic E-state index is 0.200. The zero-order valence-corrected chi connectivity index (χ0v) is 11.0. The van der Waals surface area contributed by atoms with Gasteiger partial charge < -0.3 is 10.8 Å². The molecule has 1 aromatic carbocycles. The zero-order chi connectivity index (χ0) is 14.1. The third-order valence-electron chi connectivity index (χ3n) is 3.18. The third kappa shape index (κ3) is 1.99. The van der Waals surface area contributed by atoms with Crippen LogP contribution in [-0.2, 0) is 7.05 Å². The molecule has 3 N–H and O–H groups in total. The molecule has 0 aliphatic rings. The van der Waals surface area contributed by atoms with Crippen LogP contribution in [0.25, 0.3) is 22.4 Å². The van der Waals surface area contributed by atoms with Gasteiger partial charge in [0.15, 0.2) is 0 Å². The summed E-state index contributed by atoms with van der Waals surface area (Å²) in [5, 5.41) is 14.1. The second-order valence-electron chi connectivity index (χ2n) is 4.52. The van der Waals surface area contributed by atoms with Crippen LogP contribution in [0, 0.1) is 0 Å². The highest BCUT2D eigenvalue weighted by atomic mass is 16.3. The molecular weight excluding hydrogens is 252 g/mol. The van der Waals surface area contributed by atoms with Crippen molar-refractivity contribution in [1.29, 1.82) is 0 Å². The van der Waals surface area contributed by atoms with E-state index in [-0.39, 0.29) is 5.75 Å². The summed E-state index contributed by atoms with van der Waals surface area (Å²) in [6.07, 6.45) is 3.43. The number of nitrogens with two attached hydrogens (primary N) is 1. The lowest BCUT2D eigenvalue weighted by molar-refractivity contribution is 0.475. The van der Waals surface area contributed by atoms with Gasteiger partial charge in [-0.1, -0.05) is 12.1 Å². The molecule has 0 fully saturated rings. The molecular formula is C15H14N4O. The van der Waals surface area contributed by atoms with Gasteiger partial charge in [-0.3, -0.25) is 9.67 Å². The summed E-state index contributed by atoms with van der Waals surface area (Å²) >= 11 is 0. The van der Waals surface area contributed by atoms with Crippen LogP contribution in [0.1, 0.15) is 0 Å². The number of aromatic hydroxyl groups is 1. The maximum Gasteiger partial charge on any atom is 0.129 e. The lowest BCUT2D eigenvalue weighted by Crippen LogP contribution is -1.97. The molecule has 0 radical (unpaired) electrons. The molecule has 100 valence electrons. The third-order valence-corrected chi connectivity index (χ3v) is 3.18. The molecule has 2 heterocycles. The van der Waals surface area contributed by atoms with Gasteiger partial charge in [0.25, 0.3) is 0 Å². The first kappa shape index (κ1) is 12.2. The fourth-order valence-electron chi connectivity index (χ4n) is 2.19. The normalized spacial score (nSPS) is 10.7. The number of hydrogen-bond donors (Lipinski definition) is 2. The number of anilines is 1. The summed E-state index contributed by atoms with van der Waals surface area (Å²) in [6, 6.07) is 10.8. The second-order valence-corrected chi connectivity index (χ2v) is 4.52. The predicted octanol–water partition coefficient (Wildman–Crippen LogP) is 2.44. The highest BCUT2D eigenvalue weighted by Crippen LogP contribution is 2.36. The monoisotopic (exact) mass is 266 g/mol. The van der Waals surface area contributed by atoms with Crippen molar-refractivity contribution in [2.24, 2.45) is 7.05 Å². The van der Waals surface area contributed by atoms with Crippen molar-refractivity contribution in [2.75, 3.05) is 5.73 Å². The minimum atomic E-state index is 0.200. The Hall–Kier alpha value is -2.82. The number of phenolic OH excluding ortho intramolecular Hbond substituents is 1. The average molecular weight is 266 g/mol. The van der Waals surface area contributed by atoms with Crippen LogP contribution in [0.2, 0.25) is 0 Å². The largest absolute Gasteiger partial charge is 0.508 e. The van der Waals surface area contributed by atoms with E-state index >= 15 is 0 Å². The smallest absolute Gasteiger partial charge is 0.129 e. The number of hydrogen-bond acceptors (Lipinski definition) is 4. The molecule has 0 unspecified atom stereocenters. The SMILES string of the molecule is Cn1nc(-c2ccncc2)c(-c2cccc(O)c2)c1N. The standard InChI is InChI=1S/C15H14N4O/c1-19-15(16)13(11-3-2-4-12(20)9-11)14(18-19)10-5-7-17-8-6-10/h2-9,20H,16H2,1H3. The Morgan fingerprint density at radius 3 is 2.55 bits per heavy atom. The van der Waals surface area contributed by atoms with E-state index in [1.807, 2.05) is 18.2 Å². The van der Waals surface area contributed by atoms with Crippen molar-refractivity contribution in [3.8, 4) is 28.1 Å². The number of benzene rings is 1. The molecule has 2 aromatic heterocycles. The van der Waals surface area contributed by atoms with E-state index in [1.165, 1.54) is 0 Å². The average Bonchev–Trinajstić information content (AvgIpc) is 2.76. The molecule has 0 saturated heterocycles. The van der Waals surface area contributed by atoms with Gasteiger partial charge in [-0.05, 0) is 29.8 Å². The van der Waals surface area contributed by atoms with Crippen LogP contribution in [0.3, 0.4) is 0 Å². The first-order valence-corrected chi connectivity index (χ1v) is 6.19. The number of nitrogen functional groups attached to an aromatic ring is 1. The molecule has 3 aromatic rings. The van der Waals surface area contributed by atoms with E-state index in [4.69, 9.17) is 5.73 Å². The Balaban J connectivity index is 2.25. The zero-order valence-electron chi connectivity index (χ0n) is 11.0. The van der Waals surface area contributed by atoms with Crippen LogP contribution < -0.4 is 5.73 Å². The number of phenols is 1. The van der Waals surface area contributed by atoms with E-state index in [0.29, 0.717) is 5.82 Å². The summed E-state index contributed by atoms with van der Waals surface area (Å²) in [4.78, 5) is 4.01. The van der Waals surface area contributed by atoms with Crippen LogP contribution in [0.15, 0.2) is 48.8 Å². The summed E-state index contributed by atoms with van der Waals surface area (Å²) in [6.45, 7) is 0. The summed E-state index contributed by atoms with van der Waals surface area (Å²) in [7, 11) is 1.80. The molecule has 0 saturated carbocycles.